The van der Waals surface area contributed by atoms with Gasteiger partial charge in [-0.05, 0) is 38.1 Å². The van der Waals surface area contributed by atoms with Gasteiger partial charge in [-0.2, -0.15) is 5.26 Å². The van der Waals surface area contributed by atoms with Gasteiger partial charge in [0, 0.05) is 5.56 Å². The van der Waals surface area contributed by atoms with Crippen molar-refractivity contribution < 1.29 is 8.78 Å². The van der Waals surface area contributed by atoms with E-state index >= 15 is 0 Å². The molecule has 1 saturated carbocycles. The van der Waals surface area contributed by atoms with Gasteiger partial charge in [-0.3, -0.25) is 0 Å². The molecule has 1 atom stereocenters. The molecule has 0 bridgehead atoms. The monoisotopic (exact) mass is 222 g/mol. The Morgan fingerprint density at radius 1 is 1.44 bits per heavy atom. The summed E-state index contributed by atoms with van der Waals surface area (Å²) in [6.07, 6.45) is 1.45. The van der Waals surface area contributed by atoms with Gasteiger partial charge in [-0.15, -0.1) is 0 Å². The van der Waals surface area contributed by atoms with Crippen LogP contribution in [0.3, 0.4) is 0 Å². The van der Waals surface area contributed by atoms with Crippen molar-refractivity contribution in [3.8, 4) is 6.07 Å². The van der Waals surface area contributed by atoms with Crippen LogP contribution in [0.5, 0.6) is 0 Å². The fourth-order valence-corrected chi connectivity index (χ4v) is 2.06. The highest BCUT2D eigenvalue weighted by molar-refractivity contribution is 5.30. The molecular weight excluding hydrogens is 210 g/mol. The average Bonchev–Trinajstić information content (AvgIpc) is 3.05. The van der Waals surface area contributed by atoms with Crippen LogP contribution in [-0.4, -0.2) is 7.05 Å². The minimum atomic E-state index is -0.566. The third-order valence-electron chi connectivity index (χ3n) is 3.12. The van der Waals surface area contributed by atoms with Crippen LogP contribution in [0.4, 0.5) is 8.78 Å². The van der Waals surface area contributed by atoms with Crippen LogP contribution in [0.25, 0.3) is 0 Å². The van der Waals surface area contributed by atoms with Gasteiger partial charge in [0.25, 0.3) is 0 Å². The van der Waals surface area contributed by atoms with Gasteiger partial charge in [0.05, 0.1) is 17.5 Å². The maximum atomic E-state index is 13.6. The maximum Gasteiger partial charge on any atom is 0.128 e. The zero-order valence-corrected chi connectivity index (χ0v) is 8.93. The first-order valence-corrected chi connectivity index (χ1v) is 5.16. The third-order valence-corrected chi connectivity index (χ3v) is 3.12. The van der Waals surface area contributed by atoms with E-state index in [4.69, 9.17) is 5.26 Å². The van der Waals surface area contributed by atoms with Crippen molar-refractivity contribution >= 4 is 0 Å². The van der Waals surface area contributed by atoms with Crippen molar-refractivity contribution in [2.45, 2.75) is 18.9 Å². The molecule has 0 aliphatic heterocycles. The lowest BCUT2D eigenvalue weighted by molar-refractivity contribution is 0.421. The summed E-state index contributed by atoms with van der Waals surface area (Å²) >= 11 is 0. The van der Waals surface area contributed by atoms with Crippen LogP contribution >= 0.6 is 0 Å². The molecule has 0 aromatic heterocycles. The first-order valence-electron chi connectivity index (χ1n) is 5.16. The average molecular weight is 222 g/mol. The van der Waals surface area contributed by atoms with E-state index in [1.807, 2.05) is 0 Å². The summed E-state index contributed by atoms with van der Waals surface area (Å²) in [6, 6.07) is 5.10. The van der Waals surface area contributed by atoms with Crippen LogP contribution in [0.1, 0.15) is 24.4 Å². The van der Waals surface area contributed by atoms with Crippen LogP contribution in [0.15, 0.2) is 18.2 Å². The Labute approximate surface area is 92.9 Å². The first-order chi connectivity index (χ1) is 7.63. The summed E-state index contributed by atoms with van der Waals surface area (Å²) in [5, 5.41) is 12.0. The van der Waals surface area contributed by atoms with E-state index in [0.717, 1.165) is 31.0 Å². The molecule has 4 heteroatoms. The van der Waals surface area contributed by atoms with E-state index in [9.17, 15) is 8.78 Å². The molecule has 2 nitrogen and oxygen atoms in total. The molecule has 0 amide bonds. The summed E-state index contributed by atoms with van der Waals surface area (Å²) in [5.41, 5.74) is -0.329. The molecular formula is C12H12F2N2. The molecule has 16 heavy (non-hydrogen) atoms. The highest BCUT2D eigenvalue weighted by atomic mass is 19.1. The summed E-state index contributed by atoms with van der Waals surface area (Å²) in [4.78, 5) is 0. The molecule has 0 spiro atoms. The van der Waals surface area contributed by atoms with E-state index in [2.05, 4.69) is 11.4 Å². The number of nitriles is 1. The highest BCUT2D eigenvalue weighted by Crippen LogP contribution is 2.54. The van der Waals surface area contributed by atoms with Crippen LogP contribution in [0.2, 0.25) is 0 Å². The zero-order valence-electron chi connectivity index (χ0n) is 8.93. The van der Waals surface area contributed by atoms with Crippen molar-refractivity contribution in [1.82, 2.24) is 5.32 Å². The molecule has 2 rings (SSSR count). The molecule has 0 saturated heterocycles. The largest absolute Gasteiger partial charge is 0.312 e. The number of rotatable bonds is 3. The van der Waals surface area contributed by atoms with Gasteiger partial charge in [-0.1, -0.05) is 0 Å². The minimum absolute atomic E-state index is 0.238. The van der Waals surface area contributed by atoms with E-state index < -0.39 is 23.1 Å². The Bertz CT molecular complexity index is 447. The fraction of sp³-hybridized carbons (Fsp3) is 0.417. The number of nitrogens with zero attached hydrogens (tertiary/aromatic N) is 1. The zero-order chi connectivity index (χ0) is 11.8. The van der Waals surface area contributed by atoms with E-state index in [1.54, 1.807) is 7.05 Å². The second-order valence-electron chi connectivity index (χ2n) is 4.16. The number of nitrogens with one attached hydrogen (secondary N) is 1. The summed E-state index contributed by atoms with van der Waals surface area (Å²) < 4.78 is 26.7. The van der Waals surface area contributed by atoms with Crippen LogP contribution < -0.4 is 5.32 Å². The van der Waals surface area contributed by atoms with E-state index in [1.165, 1.54) is 0 Å². The van der Waals surface area contributed by atoms with Gasteiger partial charge < -0.3 is 5.32 Å². The molecule has 0 heterocycles. The fourth-order valence-electron chi connectivity index (χ4n) is 2.06. The molecule has 1 N–H and O–H groups in total. The van der Waals surface area contributed by atoms with E-state index in [0.29, 0.717) is 0 Å². The topological polar surface area (TPSA) is 35.8 Å². The quantitative estimate of drug-likeness (QED) is 0.853. The predicted molar refractivity (Wildman–Crippen MR) is 55.4 cm³/mol. The summed E-state index contributed by atoms with van der Waals surface area (Å²) in [5.74, 6) is -0.951. The Kier molecular flexibility index (Phi) is 2.64. The van der Waals surface area contributed by atoms with Crippen molar-refractivity contribution in [3.63, 3.8) is 0 Å². The lowest BCUT2D eigenvalue weighted by Gasteiger charge is -2.21. The van der Waals surface area contributed by atoms with Crippen LogP contribution in [0, 0.1) is 28.4 Å². The molecule has 1 fully saturated rings. The molecule has 0 radical (unpaired) electrons. The summed E-state index contributed by atoms with van der Waals surface area (Å²) in [7, 11) is 1.66. The normalized spacial score (nSPS) is 18.9. The van der Waals surface area contributed by atoms with Gasteiger partial charge in [0.2, 0.25) is 0 Å². The van der Waals surface area contributed by atoms with Crippen molar-refractivity contribution in [1.29, 1.82) is 5.26 Å². The SMILES string of the molecule is CNC(c1cc(F)ccc1F)C1(C#N)CC1. The molecule has 1 aliphatic rings. The van der Waals surface area contributed by atoms with Gasteiger partial charge >= 0.3 is 0 Å². The van der Waals surface area contributed by atoms with Gasteiger partial charge in [-0.25, -0.2) is 8.78 Å². The Morgan fingerprint density at radius 3 is 2.62 bits per heavy atom. The maximum absolute atomic E-state index is 13.6. The number of benzene rings is 1. The number of halogens is 2. The summed E-state index contributed by atoms with van der Waals surface area (Å²) in [6.45, 7) is 0. The van der Waals surface area contributed by atoms with Crippen molar-refractivity contribution in [2.24, 2.45) is 5.41 Å². The minimum Gasteiger partial charge on any atom is -0.312 e. The second-order valence-corrected chi connectivity index (χ2v) is 4.16. The Balaban J connectivity index is 2.42. The predicted octanol–water partition coefficient (Wildman–Crippen LogP) is 2.53. The number of hydrogen-bond donors (Lipinski definition) is 1. The van der Waals surface area contributed by atoms with E-state index in [-0.39, 0.29) is 5.56 Å². The third kappa shape index (κ3) is 1.68. The van der Waals surface area contributed by atoms with Gasteiger partial charge in [0.1, 0.15) is 11.6 Å². The number of hydrogen-bond acceptors (Lipinski definition) is 2. The molecule has 1 aromatic rings. The molecule has 84 valence electrons. The second kappa shape index (κ2) is 3.84. The Morgan fingerprint density at radius 2 is 2.12 bits per heavy atom. The standard InChI is InChI=1S/C12H12F2N2/c1-16-11(12(7-15)4-5-12)9-6-8(13)2-3-10(9)14/h2-3,6,11,16H,4-5H2,1H3. The lowest BCUT2D eigenvalue weighted by Crippen LogP contribution is -2.26. The van der Waals surface area contributed by atoms with Gasteiger partial charge in [0.15, 0.2) is 0 Å². The Hall–Kier alpha value is -1.47. The van der Waals surface area contributed by atoms with Crippen LogP contribution in [-0.2, 0) is 0 Å². The van der Waals surface area contributed by atoms with Crippen molar-refractivity contribution in [3.05, 3.63) is 35.4 Å². The molecule has 1 aromatic carbocycles. The highest BCUT2D eigenvalue weighted by Gasteiger charge is 2.50. The molecule has 1 aliphatic carbocycles. The van der Waals surface area contributed by atoms with Crippen molar-refractivity contribution in [2.75, 3.05) is 7.05 Å². The molecule has 1 unspecified atom stereocenters. The first kappa shape index (κ1) is 11.0. The smallest absolute Gasteiger partial charge is 0.128 e. The lowest BCUT2D eigenvalue weighted by atomic mass is 9.91.